The van der Waals surface area contributed by atoms with Gasteiger partial charge in [0, 0.05) is 74.8 Å². The molecule has 0 atom stereocenters. The normalized spacial score (nSPS) is 14.8. The van der Waals surface area contributed by atoms with Crippen LogP contribution in [0.1, 0.15) is 12.8 Å². The molecular formula is C22H31N6O4+. The number of nitro benzene ring substituents is 2. The summed E-state index contributed by atoms with van der Waals surface area (Å²) in [5.74, 6) is 0. The summed E-state index contributed by atoms with van der Waals surface area (Å²) >= 11 is 0. The molecular weight excluding hydrogens is 412 g/mol. The zero-order valence-electron chi connectivity index (χ0n) is 18.2. The molecule has 1 saturated heterocycles. The molecule has 0 aliphatic carbocycles. The number of piperazine rings is 1. The maximum atomic E-state index is 10.7. The van der Waals surface area contributed by atoms with Gasteiger partial charge in [0.15, 0.2) is 0 Å². The number of nitro groups is 2. The van der Waals surface area contributed by atoms with Crippen LogP contribution in [0.5, 0.6) is 0 Å². The predicted molar refractivity (Wildman–Crippen MR) is 124 cm³/mol. The van der Waals surface area contributed by atoms with Gasteiger partial charge in [-0.1, -0.05) is 0 Å². The quantitative estimate of drug-likeness (QED) is 0.261. The Kier molecular flexibility index (Phi) is 8.76. The Labute approximate surface area is 187 Å². The highest BCUT2D eigenvalue weighted by Crippen LogP contribution is 2.16. The summed E-state index contributed by atoms with van der Waals surface area (Å²) < 4.78 is 0. The van der Waals surface area contributed by atoms with Crippen molar-refractivity contribution >= 4 is 22.7 Å². The summed E-state index contributed by atoms with van der Waals surface area (Å²) in [7, 11) is 0. The lowest BCUT2D eigenvalue weighted by molar-refractivity contribution is -0.904. The number of anilines is 2. The van der Waals surface area contributed by atoms with Crippen molar-refractivity contribution in [1.29, 1.82) is 0 Å². The van der Waals surface area contributed by atoms with E-state index in [0.29, 0.717) is 0 Å². The second-order valence-corrected chi connectivity index (χ2v) is 8.01. The summed E-state index contributed by atoms with van der Waals surface area (Å²) in [6.07, 6.45) is 2.09. The lowest BCUT2D eigenvalue weighted by atomic mass is 10.2. The minimum absolute atomic E-state index is 0.109. The average Bonchev–Trinajstić information content (AvgIpc) is 2.81. The molecule has 1 heterocycles. The third kappa shape index (κ3) is 7.47. The van der Waals surface area contributed by atoms with E-state index in [1.807, 2.05) is 0 Å². The predicted octanol–water partition coefficient (Wildman–Crippen LogP) is 2.01. The Hall–Kier alpha value is -3.24. The topological polar surface area (TPSA) is 118 Å². The van der Waals surface area contributed by atoms with E-state index in [-0.39, 0.29) is 21.2 Å². The van der Waals surface area contributed by atoms with Gasteiger partial charge < -0.3 is 15.5 Å². The van der Waals surface area contributed by atoms with Crippen molar-refractivity contribution in [1.82, 2.24) is 4.90 Å². The smallest absolute Gasteiger partial charge is 0.269 e. The van der Waals surface area contributed by atoms with Crippen molar-refractivity contribution in [3.63, 3.8) is 0 Å². The highest BCUT2D eigenvalue weighted by atomic mass is 16.6. The van der Waals surface area contributed by atoms with Gasteiger partial charge in [0.1, 0.15) is 0 Å². The van der Waals surface area contributed by atoms with Crippen LogP contribution in [0.15, 0.2) is 48.5 Å². The molecule has 0 amide bonds. The van der Waals surface area contributed by atoms with E-state index >= 15 is 0 Å². The van der Waals surface area contributed by atoms with Crippen LogP contribution in [0, 0.1) is 20.2 Å². The zero-order chi connectivity index (χ0) is 22.8. The summed E-state index contributed by atoms with van der Waals surface area (Å²) in [6.45, 7) is 8.37. The largest absolute Gasteiger partial charge is 0.385 e. The van der Waals surface area contributed by atoms with Gasteiger partial charge in [0.25, 0.3) is 11.4 Å². The number of non-ortho nitro benzene ring substituents is 2. The summed E-state index contributed by atoms with van der Waals surface area (Å²) in [4.78, 5) is 24.7. The SMILES string of the molecule is O=[N+]([O-])c1ccc(NCCCN2CC[NH+](CCCNc3ccc([N+](=O)[O-])cc3)CC2)cc1. The molecule has 10 nitrogen and oxygen atoms in total. The van der Waals surface area contributed by atoms with E-state index < -0.39 is 0 Å². The zero-order valence-corrected chi connectivity index (χ0v) is 18.2. The Morgan fingerprint density at radius 3 is 1.72 bits per heavy atom. The first-order valence-electron chi connectivity index (χ1n) is 11.0. The van der Waals surface area contributed by atoms with Crippen molar-refractivity contribution in [2.24, 2.45) is 0 Å². The first kappa shape index (κ1) is 23.4. The third-order valence-corrected chi connectivity index (χ3v) is 5.74. The molecule has 1 aliphatic rings. The highest BCUT2D eigenvalue weighted by Gasteiger charge is 2.18. The maximum Gasteiger partial charge on any atom is 0.269 e. The Morgan fingerprint density at radius 2 is 1.25 bits per heavy atom. The molecule has 3 rings (SSSR count). The first-order chi connectivity index (χ1) is 15.5. The van der Waals surface area contributed by atoms with Crippen LogP contribution in [0.2, 0.25) is 0 Å². The average molecular weight is 444 g/mol. The molecule has 172 valence electrons. The molecule has 0 radical (unpaired) electrons. The Morgan fingerprint density at radius 1 is 0.781 bits per heavy atom. The number of hydrogen-bond donors (Lipinski definition) is 3. The molecule has 32 heavy (non-hydrogen) atoms. The highest BCUT2D eigenvalue weighted by molar-refractivity contribution is 5.49. The van der Waals surface area contributed by atoms with Crippen LogP contribution in [0.25, 0.3) is 0 Å². The Balaban J connectivity index is 1.23. The van der Waals surface area contributed by atoms with E-state index in [0.717, 1.165) is 76.6 Å². The number of rotatable bonds is 12. The molecule has 10 heteroatoms. The molecule has 0 bridgehead atoms. The number of quaternary nitrogens is 1. The van der Waals surface area contributed by atoms with E-state index in [1.54, 1.807) is 29.2 Å². The second-order valence-electron chi connectivity index (χ2n) is 8.01. The molecule has 0 spiro atoms. The lowest BCUT2D eigenvalue weighted by Crippen LogP contribution is -3.14. The van der Waals surface area contributed by atoms with Crippen molar-refractivity contribution < 1.29 is 14.7 Å². The van der Waals surface area contributed by atoms with Gasteiger partial charge in [-0.3, -0.25) is 25.1 Å². The fraction of sp³-hybridized carbons (Fsp3) is 0.455. The van der Waals surface area contributed by atoms with Gasteiger partial charge in [-0.25, -0.2) is 0 Å². The van der Waals surface area contributed by atoms with Crippen molar-refractivity contribution in [2.75, 3.05) is 63.0 Å². The molecule has 3 N–H and O–H groups in total. The van der Waals surface area contributed by atoms with Crippen LogP contribution in [0.4, 0.5) is 22.7 Å². The van der Waals surface area contributed by atoms with Crippen molar-refractivity contribution in [3.05, 3.63) is 68.8 Å². The lowest BCUT2D eigenvalue weighted by Gasteiger charge is -2.32. The molecule has 1 fully saturated rings. The fourth-order valence-electron chi connectivity index (χ4n) is 3.85. The minimum Gasteiger partial charge on any atom is -0.385 e. The van der Waals surface area contributed by atoms with Crippen LogP contribution in [-0.2, 0) is 0 Å². The minimum atomic E-state index is -0.388. The molecule has 0 unspecified atom stereocenters. The van der Waals surface area contributed by atoms with Crippen molar-refractivity contribution in [2.45, 2.75) is 12.8 Å². The summed E-state index contributed by atoms with van der Waals surface area (Å²) in [6, 6.07) is 13.1. The van der Waals surface area contributed by atoms with Crippen molar-refractivity contribution in [3.8, 4) is 0 Å². The fourth-order valence-corrected chi connectivity index (χ4v) is 3.85. The molecule has 0 saturated carbocycles. The second kappa shape index (κ2) is 12.0. The number of benzene rings is 2. The first-order valence-corrected chi connectivity index (χ1v) is 11.0. The monoisotopic (exact) mass is 443 g/mol. The standard InChI is InChI=1S/C22H30N6O4/c29-27(30)21-7-3-19(4-8-21)23-11-1-13-25-15-17-26(18-16-25)14-2-12-24-20-5-9-22(10-6-20)28(31)32/h3-10,23-24H,1-2,11-18H2/p+1. The van der Waals surface area contributed by atoms with Gasteiger partial charge in [-0.2, -0.15) is 0 Å². The van der Waals surface area contributed by atoms with Gasteiger partial charge in [0.2, 0.25) is 0 Å². The molecule has 0 aromatic heterocycles. The van der Waals surface area contributed by atoms with E-state index in [1.165, 1.54) is 24.3 Å². The van der Waals surface area contributed by atoms with E-state index in [4.69, 9.17) is 0 Å². The van der Waals surface area contributed by atoms with Crippen LogP contribution >= 0.6 is 0 Å². The summed E-state index contributed by atoms with van der Waals surface area (Å²) in [5, 5.41) is 28.0. The van der Waals surface area contributed by atoms with Gasteiger partial charge >= 0.3 is 0 Å². The maximum absolute atomic E-state index is 10.7. The van der Waals surface area contributed by atoms with Crippen LogP contribution < -0.4 is 15.5 Å². The molecule has 1 aliphatic heterocycles. The van der Waals surface area contributed by atoms with E-state index in [2.05, 4.69) is 15.5 Å². The number of hydrogen-bond acceptors (Lipinski definition) is 7. The van der Waals surface area contributed by atoms with Crippen LogP contribution in [-0.4, -0.2) is 67.1 Å². The van der Waals surface area contributed by atoms with Gasteiger partial charge in [0.05, 0.1) is 29.5 Å². The summed E-state index contributed by atoms with van der Waals surface area (Å²) in [5.41, 5.74) is 2.04. The van der Waals surface area contributed by atoms with E-state index in [9.17, 15) is 20.2 Å². The number of nitrogens with one attached hydrogen (secondary N) is 3. The van der Waals surface area contributed by atoms with Crippen LogP contribution in [0.3, 0.4) is 0 Å². The molecule has 2 aromatic rings. The van der Waals surface area contributed by atoms with Gasteiger partial charge in [-0.15, -0.1) is 0 Å². The van der Waals surface area contributed by atoms with Gasteiger partial charge in [-0.05, 0) is 30.7 Å². The Bertz CT molecular complexity index is 793. The third-order valence-electron chi connectivity index (χ3n) is 5.74. The molecule has 2 aromatic carbocycles. The number of nitrogens with zero attached hydrogens (tertiary/aromatic N) is 3.